The van der Waals surface area contributed by atoms with E-state index in [-0.39, 0.29) is 12.4 Å². The summed E-state index contributed by atoms with van der Waals surface area (Å²) in [4.78, 5) is 4.70. The SMILES string of the molecule is COc1ccc2c(c1)c1c3n2CCN=C3CCC1.Cl. The van der Waals surface area contributed by atoms with E-state index in [1.54, 1.807) is 7.11 Å². The van der Waals surface area contributed by atoms with Crippen molar-refractivity contribution in [1.29, 1.82) is 0 Å². The van der Waals surface area contributed by atoms with Crippen LogP contribution >= 0.6 is 12.4 Å². The summed E-state index contributed by atoms with van der Waals surface area (Å²) in [5, 5.41) is 1.36. The molecule has 0 unspecified atom stereocenters. The van der Waals surface area contributed by atoms with Gasteiger partial charge in [0.05, 0.1) is 25.1 Å². The van der Waals surface area contributed by atoms with E-state index in [4.69, 9.17) is 9.73 Å². The molecule has 0 saturated heterocycles. The van der Waals surface area contributed by atoms with E-state index in [9.17, 15) is 0 Å². The largest absolute Gasteiger partial charge is 0.497 e. The van der Waals surface area contributed by atoms with Crippen molar-refractivity contribution in [1.82, 2.24) is 4.57 Å². The minimum Gasteiger partial charge on any atom is -0.497 e. The minimum atomic E-state index is 0. The van der Waals surface area contributed by atoms with Crippen LogP contribution in [0.4, 0.5) is 0 Å². The quantitative estimate of drug-likeness (QED) is 0.786. The fraction of sp³-hybridized carbons (Fsp3) is 0.400. The molecule has 0 radical (unpaired) electrons. The van der Waals surface area contributed by atoms with E-state index in [1.807, 2.05) is 0 Å². The summed E-state index contributed by atoms with van der Waals surface area (Å²) in [5.74, 6) is 0.950. The number of fused-ring (bicyclic) bond motifs is 3. The van der Waals surface area contributed by atoms with Crippen LogP contribution < -0.4 is 4.74 Å². The summed E-state index contributed by atoms with van der Waals surface area (Å²) >= 11 is 0. The van der Waals surface area contributed by atoms with Crippen LogP contribution in [-0.4, -0.2) is 23.9 Å². The van der Waals surface area contributed by atoms with Crippen LogP contribution in [0.15, 0.2) is 23.2 Å². The molecule has 0 N–H and O–H groups in total. The van der Waals surface area contributed by atoms with E-state index in [0.717, 1.165) is 25.3 Å². The van der Waals surface area contributed by atoms with Gasteiger partial charge in [-0.05, 0) is 43.0 Å². The van der Waals surface area contributed by atoms with E-state index in [2.05, 4.69) is 22.8 Å². The Morgan fingerprint density at radius 2 is 2.16 bits per heavy atom. The molecule has 0 amide bonds. The number of methoxy groups -OCH3 is 1. The lowest BCUT2D eigenvalue weighted by Crippen LogP contribution is -2.22. The predicted octanol–water partition coefficient (Wildman–Crippen LogP) is 3.21. The summed E-state index contributed by atoms with van der Waals surface area (Å²) in [6.45, 7) is 1.94. The molecular weight excluding hydrogens is 260 g/mol. The molecule has 1 aromatic carbocycles. The van der Waals surface area contributed by atoms with Crippen molar-refractivity contribution in [3.05, 3.63) is 29.5 Å². The fourth-order valence-electron chi connectivity index (χ4n) is 3.34. The molecule has 1 aliphatic carbocycles. The highest BCUT2D eigenvalue weighted by Crippen LogP contribution is 2.35. The van der Waals surface area contributed by atoms with Gasteiger partial charge in [0.2, 0.25) is 0 Å². The van der Waals surface area contributed by atoms with Gasteiger partial charge in [0.1, 0.15) is 5.75 Å². The monoisotopic (exact) mass is 276 g/mol. The van der Waals surface area contributed by atoms with Gasteiger partial charge in [0.15, 0.2) is 0 Å². The van der Waals surface area contributed by atoms with Gasteiger partial charge >= 0.3 is 0 Å². The molecule has 0 bridgehead atoms. The maximum Gasteiger partial charge on any atom is 0.119 e. The number of benzene rings is 1. The van der Waals surface area contributed by atoms with Crippen LogP contribution in [0.25, 0.3) is 10.9 Å². The first-order valence-corrected chi connectivity index (χ1v) is 6.61. The molecule has 2 aliphatic rings. The van der Waals surface area contributed by atoms with Crippen LogP contribution in [0, 0.1) is 0 Å². The molecule has 3 nitrogen and oxygen atoms in total. The Labute approximate surface area is 118 Å². The zero-order chi connectivity index (χ0) is 12.1. The molecule has 0 saturated carbocycles. The summed E-state index contributed by atoms with van der Waals surface area (Å²) in [5.41, 5.74) is 5.54. The zero-order valence-electron chi connectivity index (χ0n) is 11.0. The average Bonchev–Trinajstić information content (AvgIpc) is 2.76. The zero-order valence-corrected chi connectivity index (χ0v) is 11.8. The standard InChI is InChI=1S/C15H16N2O.ClH/c1-18-10-5-6-14-12(9-10)11-3-2-4-13-15(11)17(14)8-7-16-13;/h5-6,9H,2-4,7-8H2,1H3;1H. The van der Waals surface area contributed by atoms with Crippen molar-refractivity contribution in [2.75, 3.05) is 13.7 Å². The summed E-state index contributed by atoms with van der Waals surface area (Å²) < 4.78 is 7.81. The lowest BCUT2D eigenvalue weighted by atomic mass is 9.93. The summed E-state index contributed by atoms with van der Waals surface area (Å²) in [6.07, 6.45) is 3.54. The van der Waals surface area contributed by atoms with E-state index in [1.165, 1.54) is 40.7 Å². The van der Waals surface area contributed by atoms with Gasteiger partial charge < -0.3 is 9.30 Å². The van der Waals surface area contributed by atoms with Gasteiger partial charge in [0, 0.05) is 17.4 Å². The highest BCUT2D eigenvalue weighted by Gasteiger charge is 2.26. The first-order chi connectivity index (χ1) is 8.88. The van der Waals surface area contributed by atoms with Gasteiger partial charge in [-0.2, -0.15) is 0 Å². The number of ether oxygens (including phenoxy) is 1. The summed E-state index contributed by atoms with van der Waals surface area (Å²) in [7, 11) is 1.73. The number of aliphatic imine (C=N–C) groups is 1. The van der Waals surface area contributed by atoms with E-state index < -0.39 is 0 Å². The predicted molar refractivity (Wildman–Crippen MR) is 80.1 cm³/mol. The highest BCUT2D eigenvalue weighted by molar-refractivity contribution is 6.07. The number of aromatic nitrogens is 1. The maximum absolute atomic E-state index is 5.36. The Kier molecular flexibility index (Phi) is 3.02. The molecule has 2 heterocycles. The Morgan fingerprint density at radius 1 is 1.26 bits per heavy atom. The topological polar surface area (TPSA) is 26.5 Å². The van der Waals surface area contributed by atoms with E-state index >= 15 is 0 Å². The van der Waals surface area contributed by atoms with Crippen molar-refractivity contribution in [2.24, 2.45) is 4.99 Å². The second kappa shape index (κ2) is 4.57. The first-order valence-electron chi connectivity index (χ1n) is 6.61. The third-order valence-electron chi connectivity index (χ3n) is 4.12. The van der Waals surface area contributed by atoms with E-state index in [0.29, 0.717) is 0 Å². The third kappa shape index (κ3) is 1.68. The second-order valence-corrected chi connectivity index (χ2v) is 5.04. The van der Waals surface area contributed by atoms with Gasteiger partial charge in [0.25, 0.3) is 0 Å². The van der Waals surface area contributed by atoms with Crippen LogP contribution in [0.3, 0.4) is 0 Å². The molecular formula is C15H17ClN2O. The second-order valence-electron chi connectivity index (χ2n) is 5.04. The van der Waals surface area contributed by atoms with Crippen LogP contribution in [0.1, 0.15) is 24.1 Å². The third-order valence-corrected chi connectivity index (χ3v) is 4.12. The lowest BCUT2D eigenvalue weighted by Gasteiger charge is -2.21. The minimum absolute atomic E-state index is 0. The normalized spacial score (nSPS) is 16.6. The van der Waals surface area contributed by atoms with Crippen molar-refractivity contribution >= 4 is 29.0 Å². The highest BCUT2D eigenvalue weighted by atomic mass is 35.5. The van der Waals surface area contributed by atoms with Crippen molar-refractivity contribution in [2.45, 2.75) is 25.8 Å². The van der Waals surface area contributed by atoms with Gasteiger partial charge in [-0.15, -0.1) is 12.4 Å². The smallest absolute Gasteiger partial charge is 0.119 e. The number of rotatable bonds is 1. The van der Waals surface area contributed by atoms with Crippen molar-refractivity contribution in [3.63, 3.8) is 0 Å². The van der Waals surface area contributed by atoms with Crippen LogP contribution in [0.2, 0.25) is 0 Å². The molecule has 0 fully saturated rings. The van der Waals surface area contributed by atoms with Crippen molar-refractivity contribution in [3.8, 4) is 5.75 Å². The lowest BCUT2D eigenvalue weighted by molar-refractivity contribution is 0.415. The molecule has 19 heavy (non-hydrogen) atoms. The first kappa shape index (κ1) is 12.5. The fourth-order valence-corrected chi connectivity index (χ4v) is 3.34. The number of hydrogen-bond acceptors (Lipinski definition) is 2. The molecule has 1 aliphatic heterocycles. The number of halogens is 1. The van der Waals surface area contributed by atoms with Crippen LogP contribution in [-0.2, 0) is 13.0 Å². The molecule has 4 rings (SSSR count). The molecule has 100 valence electrons. The molecule has 1 aromatic heterocycles. The molecule has 0 spiro atoms. The maximum atomic E-state index is 5.36. The molecule has 0 atom stereocenters. The Bertz CT molecular complexity index is 672. The number of aryl methyl sites for hydroxylation is 1. The Morgan fingerprint density at radius 3 is 3.00 bits per heavy atom. The van der Waals surface area contributed by atoms with Gasteiger partial charge in [-0.1, -0.05) is 0 Å². The molecule has 4 heteroatoms. The van der Waals surface area contributed by atoms with Gasteiger partial charge in [-0.3, -0.25) is 4.99 Å². The number of nitrogens with zero attached hydrogens (tertiary/aromatic N) is 2. The molecule has 2 aromatic rings. The Balaban J connectivity index is 0.00000110. The Hall–Kier alpha value is -1.48. The van der Waals surface area contributed by atoms with Gasteiger partial charge in [-0.25, -0.2) is 0 Å². The summed E-state index contributed by atoms with van der Waals surface area (Å²) in [6, 6.07) is 6.43. The number of hydrogen-bond donors (Lipinski definition) is 0. The van der Waals surface area contributed by atoms with Crippen LogP contribution in [0.5, 0.6) is 5.75 Å². The average molecular weight is 277 g/mol. The van der Waals surface area contributed by atoms with Crippen molar-refractivity contribution < 1.29 is 4.74 Å².